The summed E-state index contributed by atoms with van der Waals surface area (Å²) < 4.78 is 1.81. The number of anilines is 1. The molecule has 0 saturated heterocycles. The summed E-state index contributed by atoms with van der Waals surface area (Å²) in [7, 11) is 0. The van der Waals surface area contributed by atoms with Crippen molar-refractivity contribution in [2.75, 3.05) is 5.73 Å². The van der Waals surface area contributed by atoms with Crippen molar-refractivity contribution < 1.29 is 0 Å². The van der Waals surface area contributed by atoms with Gasteiger partial charge >= 0.3 is 0 Å². The highest BCUT2D eigenvalue weighted by Crippen LogP contribution is 2.06. The molecule has 0 aliphatic rings. The van der Waals surface area contributed by atoms with Gasteiger partial charge in [0.25, 0.3) is 0 Å². The summed E-state index contributed by atoms with van der Waals surface area (Å²) in [5.41, 5.74) is 7.42. The van der Waals surface area contributed by atoms with Gasteiger partial charge in [-0.2, -0.15) is 5.10 Å². The highest BCUT2D eigenvalue weighted by Gasteiger charge is 1.96. The fourth-order valence-electron chi connectivity index (χ4n) is 1.13. The second-order valence-corrected chi connectivity index (χ2v) is 2.97. The SMILES string of the molecule is C=C(CCC)Cn1cc(N)cn1. The van der Waals surface area contributed by atoms with Crippen LogP contribution in [-0.2, 0) is 6.54 Å². The molecule has 0 aliphatic heterocycles. The average molecular weight is 165 g/mol. The van der Waals surface area contributed by atoms with Crippen molar-refractivity contribution in [1.29, 1.82) is 0 Å². The molecule has 1 aromatic rings. The van der Waals surface area contributed by atoms with E-state index in [-0.39, 0.29) is 0 Å². The van der Waals surface area contributed by atoms with Crippen LogP contribution < -0.4 is 5.73 Å². The van der Waals surface area contributed by atoms with Gasteiger partial charge in [0.15, 0.2) is 0 Å². The van der Waals surface area contributed by atoms with Gasteiger partial charge in [-0.3, -0.25) is 4.68 Å². The summed E-state index contributed by atoms with van der Waals surface area (Å²) in [6.45, 7) is 6.87. The molecule has 0 saturated carbocycles. The van der Waals surface area contributed by atoms with Crippen LogP contribution in [0.3, 0.4) is 0 Å². The molecule has 1 heterocycles. The Balaban J connectivity index is 2.46. The molecule has 0 aliphatic carbocycles. The molecular formula is C9H15N3. The zero-order valence-corrected chi connectivity index (χ0v) is 7.45. The third-order valence-electron chi connectivity index (χ3n) is 1.64. The Morgan fingerprint density at radius 2 is 2.50 bits per heavy atom. The Kier molecular flexibility index (Phi) is 2.91. The molecule has 2 N–H and O–H groups in total. The molecule has 3 nitrogen and oxygen atoms in total. The molecular weight excluding hydrogens is 150 g/mol. The fraction of sp³-hybridized carbons (Fsp3) is 0.444. The van der Waals surface area contributed by atoms with Crippen molar-refractivity contribution >= 4 is 5.69 Å². The van der Waals surface area contributed by atoms with E-state index in [2.05, 4.69) is 18.6 Å². The second-order valence-electron chi connectivity index (χ2n) is 2.97. The Morgan fingerprint density at radius 1 is 1.75 bits per heavy atom. The van der Waals surface area contributed by atoms with Crippen LogP contribution in [0.2, 0.25) is 0 Å². The van der Waals surface area contributed by atoms with Gasteiger partial charge < -0.3 is 5.73 Å². The number of nitrogens with two attached hydrogens (primary N) is 1. The quantitative estimate of drug-likeness (QED) is 0.691. The van der Waals surface area contributed by atoms with E-state index < -0.39 is 0 Å². The van der Waals surface area contributed by atoms with Crippen LogP contribution in [0.25, 0.3) is 0 Å². The van der Waals surface area contributed by atoms with E-state index in [1.165, 1.54) is 5.57 Å². The van der Waals surface area contributed by atoms with Gasteiger partial charge in [-0.25, -0.2) is 0 Å². The number of nitrogen functional groups attached to an aromatic ring is 1. The first-order valence-corrected chi connectivity index (χ1v) is 4.17. The highest BCUT2D eigenvalue weighted by molar-refractivity contribution is 5.30. The Bertz CT molecular complexity index is 262. The molecule has 66 valence electrons. The molecule has 0 atom stereocenters. The first-order chi connectivity index (χ1) is 5.72. The van der Waals surface area contributed by atoms with E-state index >= 15 is 0 Å². The van der Waals surface area contributed by atoms with Gasteiger partial charge in [0.2, 0.25) is 0 Å². The molecule has 3 heteroatoms. The van der Waals surface area contributed by atoms with Crippen LogP contribution in [0.5, 0.6) is 0 Å². The van der Waals surface area contributed by atoms with E-state index in [9.17, 15) is 0 Å². The number of nitrogens with zero attached hydrogens (tertiary/aromatic N) is 2. The maximum atomic E-state index is 5.52. The summed E-state index contributed by atoms with van der Waals surface area (Å²) in [6, 6.07) is 0. The predicted molar refractivity (Wildman–Crippen MR) is 50.7 cm³/mol. The van der Waals surface area contributed by atoms with Crippen molar-refractivity contribution in [3.8, 4) is 0 Å². The number of aromatic nitrogens is 2. The minimum Gasteiger partial charge on any atom is -0.396 e. The summed E-state index contributed by atoms with van der Waals surface area (Å²) in [6.07, 6.45) is 5.66. The molecule has 0 unspecified atom stereocenters. The van der Waals surface area contributed by atoms with E-state index in [0.717, 1.165) is 19.4 Å². The van der Waals surface area contributed by atoms with Gasteiger partial charge in [-0.1, -0.05) is 25.5 Å². The lowest BCUT2D eigenvalue weighted by atomic mass is 10.2. The first kappa shape index (κ1) is 8.84. The molecule has 12 heavy (non-hydrogen) atoms. The third kappa shape index (κ3) is 2.42. The van der Waals surface area contributed by atoms with Crippen LogP contribution in [0.1, 0.15) is 19.8 Å². The normalized spacial score (nSPS) is 10.1. The minimum atomic E-state index is 0.708. The van der Waals surface area contributed by atoms with E-state index in [4.69, 9.17) is 5.73 Å². The maximum absolute atomic E-state index is 5.52. The van der Waals surface area contributed by atoms with Crippen LogP contribution in [-0.4, -0.2) is 9.78 Å². The Hall–Kier alpha value is -1.25. The van der Waals surface area contributed by atoms with Crippen LogP contribution in [0.4, 0.5) is 5.69 Å². The molecule has 0 aromatic carbocycles. The van der Waals surface area contributed by atoms with Gasteiger partial charge in [0.05, 0.1) is 18.4 Å². The number of hydrogen-bond acceptors (Lipinski definition) is 2. The van der Waals surface area contributed by atoms with Gasteiger partial charge in [0, 0.05) is 6.20 Å². The van der Waals surface area contributed by atoms with Crippen LogP contribution in [0, 0.1) is 0 Å². The molecule has 1 rings (SSSR count). The Labute approximate surface area is 72.9 Å². The van der Waals surface area contributed by atoms with Crippen molar-refractivity contribution in [1.82, 2.24) is 9.78 Å². The third-order valence-corrected chi connectivity index (χ3v) is 1.64. The smallest absolute Gasteiger partial charge is 0.0719 e. The predicted octanol–water partition coefficient (Wildman–Crippen LogP) is 1.82. The standard InChI is InChI=1S/C9H15N3/c1-3-4-8(2)6-12-7-9(10)5-11-12/h5,7H,2-4,6,10H2,1H3. The molecule has 0 spiro atoms. The Morgan fingerprint density at radius 3 is 3.00 bits per heavy atom. The van der Waals surface area contributed by atoms with Crippen LogP contribution in [0.15, 0.2) is 24.5 Å². The molecule has 0 bridgehead atoms. The molecule has 0 radical (unpaired) electrons. The summed E-state index contributed by atoms with van der Waals surface area (Å²) >= 11 is 0. The lowest BCUT2D eigenvalue weighted by molar-refractivity contribution is 0.653. The zero-order chi connectivity index (χ0) is 8.97. The topological polar surface area (TPSA) is 43.8 Å². The van der Waals surface area contributed by atoms with Crippen molar-refractivity contribution in [3.63, 3.8) is 0 Å². The maximum Gasteiger partial charge on any atom is 0.0719 e. The molecule has 0 fully saturated rings. The van der Waals surface area contributed by atoms with Crippen molar-refractivity contribution in [2.24, 2.45) is 0 Å². The molecule has 1 aromatic heterocycles. The lowest BCUT2D eigenvalue weighted by Crippen LogP contribution is -2.00. The van der Waals surface area contributed by atoms with Crippen molar-refractivity contribution in [3.05, 3.63) is 24.5 Å². The van der Waals surface area contributed by atoms with E-state index in [0.29, 0.717) is 5.69 Å². The summed E-state index contributed by atoms with van der Waals surface area (Å²) in [5.74, 6) is 0. The number of allylic oxidation sites excluding steroid dienone is 1. The minimum absolute atomic E-state index is 0.708. The van der Waals surface area contributed by atoms with Gasteiger partial charge in [0.1, 0.15) is 0 Å². The second kappa shape index (κ2) is 3.95. The number of hydrogen-bond donors (Lipinski definition) is 1. The van der Waals surface area contributed by atoms with Gasteiger partial charge in [-0.05, 0) is 6.42 Å². The van der Waals surface area contributed by atoms with Crippen LogP contribution >= 0.6 is 0 Å². The summed E-state index contributed by atoms with van der Waals surface area (Å²) in [5, 5.41) is 4.07. The monoisotopic (exact) mass is 165 g/mol. The largest absolute Gasteiger partial charge is 0.396 e. The first-order valence-electron chi connectivity index (χ1n) is 4.17. The molecule has 0 amide bonds. The van der Waals surface area contributed by atoms with E-state index in [1.807, 2.05) is 10.9 Å². The zero-order valence-electron chi connectivity index (χ0n) is 7.45. The van der Waals surface area contributed by atoms with E-state index in [1.54, 1.807) is 6.20 Å². The number of rotatable bonds is 4. The van der Waals surface area contributed by atoms with Gasteiger partial charge in [-0.15, -0.1) is 0 Å². The average Bonchev–Trinajstić information content (AvgIpc) is 2.36. The van der Waals surface area contributed by atoms with Crippen molar-refractivity contribution in [2.45, 2.75) is 26.3 Å². The summed E-state index contributed by atoms with van der Waals surface area (Å²) in [4.78, 5) is 0. The fourth-order valence-corrected chi connectivity index (χ4v) is 1.13. The lowest BCUT2D eigenvalue weighted by Gasteiger charge is -2.02. The highest BCUT2D eigenvalue weighted by atomic mass is 15.3.